The summed E-state index contributed by atoms with van der Waals surface area (Å²) < 4.78 is 25.7. The summed E-state index contributed by atoms with van der Waals surface area (Å²) in [6, 6.07) is 19.1. The molecule has 0 spiro atoms. The van der Waals surface area contributed by atoms with Gasteiger partial charge in [-0.25, -0.2) is 13.8 Å². The summed E-state index contributed by atoms with van der Waals surface area (Å²) in [6.07, 6.45) is 2.34. The second-order valence-electron chi connectivity index (χ2n) is 6.12. The first-order valence-electron chi connectivity index (χ1n) is 8.41. The average molecular weight is 397 g/mol. The van der Waals surface area contributed by atoms with Crippen LogP contribution in [0.3, 0.4) is 0 Å². The van der Waals surface area contributed by atoms with Gasteiger partial charge in [-0.3, -0.25) is 9.10 Å². The zero-order valence-electron chi connectivity index (χ0n) is 15.1. The van der Waals surface area contributed by atoms with E-state index in [0.29, 0.717) is 11.3 Å². The Kier molecular flexibility index (Phi) is 5.60. The van der Waals surface area contributed by atoms with E-state index >= 15 is 0 Å². The van der Waals surface area contributed by atoms with E-state index in [1.165, 1.54) is 12.3 Å². The number of carbonyl (C=O) groups is 1. The maximum absolute atomic E-state index is 12.3. The van der Waals surface area contributed by atoms with Crippen LogP contribution in [0.5, 0.6) is 5.75 Å². The molecule has 0 radical (unpaired) electrons. The van der Waals surface area contributed by atoms with Gasteiger partial charge >= 0.3 is 0 Å². The number of nitrogens with zero attached hydrogens (tertiary/aromatic N) is 2. The van der Waals surface area contributed by atoms with Crippen molar-refractivity contribution in [2.24, 2.45) is 5.10 Å². The van der Waals surface area contributed by atoms with E-state index in [1.54, 1.807) is 36.4 Å². The lowest BCUT2D eigenvalue weighted by molar-refractivity contribution is -0.119. The van der Waals surface area contributed by atoms with Gasteiger partial charge in [0.15, 0.2) is 0 Å². The minimum Gasteiger partial charge on any atom is -0.507 e. The number of sulfonamides is 1. The number of phenols is 1. The number of hydrogen-bond acceptors (Lipinski definition) is 5. The van der Waals surface area contributed by atoms with Crippen LogP contribution in [0.1, 0.15) is 5.56 Å². The van der Waals surface area contributed by atoms with Crippen molar-refractivity contribution in [3.63, 3.8) is 0 Å². The van der Waals surface area contributed by atoms with Crippen LogP contribution in [0.25, 0.3) is 10.8 Å². The lowest BCUT2D eigenvalue weighted by Gasteiger charge is -2.23. The maximum atomic E-state index is 12.3. The fourth-order valence-corrected chi connectivity index (χ4v) is 3.61. The predicted octanol–water partition coefficient (Wildman–Crippen LogP) is 2.46. The van der Waals surface area contributed by atoms with Gasteiger partial charge in [0.25, 0.3) is 5.91 Å². The van der Waals surface area contributed by atoms with E-state index in [9.17, 15) is 18.3 Å². The van der Waals surface area contributed by atoms with Crippen molar-refractivity contribution in [2.75, 3.05) is 17.1 Å². The van der Waals surface area contributed by atoms with Gasteiger partial charge in [0, 0.05) is 10.9 Å². The van der Waals surface area contributed by atoms with Crippen molar-refractivity contribution in [1.29, 1.82) is 0 Å². The van der Waals surface area contributed by atoms with Crippen molar-refractivity contribution in [3.8, 4) is 5.75 Å². The predicted molar refractivity (Wildman–Crippen MR) is 110 cm³/mol. The molecule has 0 aliphatic carbocycles. The molecule has 3 rings (SSSR count). The third-order valence-electron chi connectivity index (χ3n) is 4.05. The molecule has 28 heavy (non-hydrogen) atoms. The summed E-state index contributed by atoms with van der Waals surface area (Å²) in [5.41, 5.74) is 3.14. The summed E-state index contributed by atoms with van der Waals surface area (Å²) >= 11 is 0. The molecule has 3 aromatic carbocycles. The first-order valence-corrected chi connectivity index (χ1v) is 10.3. The molecule has 0 aromatic heterocycles. The fraction of sp³-hybridized carbons (Fsp3) is 0.100. The minimum atomic E-state index is -3.71. The Bertz CT molecular complexity index is 1140. The second-order valence-corrected chi connectivity index (χ2v) is 8.03. The molecule has 0 aliphatic rings. The maximum Gasteiger partial charge on any atom is 0.260 e. The Morgan fingerprint density at radius 2 is 1.75 bits per heavy atom. The number of phenolic OH excluding ortho intramolecular Hbond substituents is 1. The van der Waals surface area contributed by atoms with Gasteiger partial charge in [-0.05, 0) is 23.6 Å². The Morgan fingerprint density at radius 1 is 1.07 bits per heavy atom. The molecule has 8 heteroatoms. The molecule has 0 heterocycles. The summed E-state index contributed by atoms with van der Waals surface area (Å²) in [6.45, 7) is -0.426. The van der Waals surface area contributed by atoms with Crippen LogP contribution in [-0.4, -0.2) is 38.4 Å². The zero-order valence-corrected chi connectivity index (χ0v) is 15.9. The molecule has 0 aliphatic heterocycles. The van der Waals surface area contributed by atoms with E-state index in [-0.39, 0.29) is 5.75 Å². The summed E-state index contributed by atoms with van der Waals surface area (Å²) in [5, 5.41) is 15.1. The highest BCUT2D eigenvalue weighted by Gasteiger charge is 2.22. The van der Waals surface area contributed by atoms with Gasteiger partial charge in [0.05, 0.1) is 18.2 Å². The van der Waals surface area contributed by atoms with Gasteiger partial charge < -0.3 is 5.11 Å². The lowest BCUT2D eigenvalue weighted by Crippen LogP contribution is -2.39. The quantitative estimate of drug-likeness (QED) is 0.493. The Morgan fingerprint density at radius 3 is 2.50 bits per heavy atom. The van der Waals surface area contributed by atoms with Crippen LogP contribution in [0.15, 0.2) is 71.8 Å². The molecular weight excluding hydrogens is 378 g/mol. The van der Waals surface area contributed by atoms with Crippen molar-refractivity contribution in [1.82, 2.24) is 5.43 Å². The largest absolute Gasteiger partial charge is 0.507 e. The highest BCUT2D eigenvalue weighted by molar-refractivity contribution is 7.92. The number of carbonyl (C=O) groups excluding carboxylic acids is 1. The first kappa shape index (κ1) is 19.4. The molecule has 0 saturated carbocycles. The van der Waals surface area contributed by atoms with Crippen LogP contribution in [0, 0.1) is 0 Å². The molecule has 0 fully saturated rings. The van der Waals surface area contributed by atoms with E-state index in [1.807, 2.05) is 24.3 Å². The number of rotatable bonds is 6. The Hall–Kier alpha value is -3.39. The van der Waals surface area contributed by atoms with Crippen LogP contribution in [0.4, 0.5) is 5.69 Å². The first-order chi connectivity index (χ1) is 13.4. The van der Waals surface area contributed by atoms with Gasteiger partial charge in [0.2, 0.25) is 10.0 Å². The molecule has 144 valence electrons. The topological polar surface area (TPSA) is 99.1 Å². The van der Waals surface area contributed by atoms with Gasteiger partial charge in [-0.1, -0.05) is 48.5 Å². The molecular formula is C20H19N3O4S. The van der Waals surface area contributed by atoms with Crippen LogP contribution in [-0.2, 0) is 14.8 Å². The normalized spacial score (nSPS) is 11.6. The average Bonchev–Trinajstić information content (AvgIpc) is 2.66. The number of para-hydroxylation sites is 1. The summed E-state index contributed by atoms with van der Waals surface area (Å²) in [4.78, 5) is 12.3. The van der Waals surface area contributed by atoms with Gasteiger partial charge in [0.1, 0.15) is 12.3 Å². The van der Waals surface area contributed by atoms with Crippen LogP contribution < -0.4 is 9.73 Å². The number of aromatic hydroxyl groups is 1. The van der Waals surface area contributed by atoms with E-state index in [2.05, 4.69) is 10.5 Å². The molecule has 3 aromatic rings. The molecule has 7 nitrogen and oxygen atoms in total. The SMILES string of the molecule is CS(=O)(=O)N(CC(=O)N/N=C/c1ccccc1O)c1cccc2ccccc12. The monoisotopic (exact) mass is 397 g/mol. The van der Waals surface area contributed by atoms with E-state index in [0.717, 1.165) is 21.3 Å². The van der Waals surface area contributed by atoms with Gasteiger partial charge in [-0.15, -0.1) is 0 Å². The number of anilines is 1. The van der Waals surface area contributed by atoms with Crippen molar-refractivity contribution < 1.29 is 18.3 Å². The highest BCUT2D eigenvalue weighted by Crippen LogP contribution is 2.28. The Balaban J connectivity index is 1.82. The second kappa shape index (κ2) is 8.10. The van der Waals surface area contributed by atoms with E-state index < -0.39 is 22.5 Å². The molecule has 2 N–H and O–H groups in total. The number of amides is 1. The number of benzene rings is 3. The summed E-state index contributed by atoms with van der Waals surface area (Å²) in [7, 11) is -3.71. The van der Waals surface area contributed by atoms with Crippen molar-refractivity contribution >= 4 is 38.6 Å². The Labute approximate surface area is 163 Å². The standard InChI is InChI=1S/C20H19N3O4S/c1-28(26,27)23(18-11-6-9-15-7-2-4-10-17(15)18)14-20(25)22-21-13-16-8-3-5-12-19(16)24/h2-13,24H,14H2,1H3,(H,22,25)/b21-13+. The number of hydrogen-bond donors (Lipinski definition) is 2. The minimum absolute atomic E-state index is 0.0222. The number of hydrazone groups is 1. The zero-order chi connectivity index (χ0) is 20.1. The molecule has 0 unspecified atom stereocenters. The van der Waals surface area contributed by atoms with Crippen LogP contribution in [0.2, 0.25) is 0 Å². The lowest BCUT2D eigenvalue weighted by atomic mass is 10.1. The van der Waals surface area contributed by atoms with E-state index in [4.69, 9.17) is 0 Å². The molecule has 0 atom stereocenters. The van der Waals surface area contributed by atoms with Gasteiger partial charge in [-0.2, -0.15) is 5.10 Å². The van der Waals surface area contributed by atoms with Crippen molar-refractivity contribution in [2.45, 2.75) is 0 Å². The third kappa shape index (κ3) is 4.47. The third-order valence-corrected chi connectivity index (χ3v) is 5.18. The number of fused-ring (bicyclic) bond motifs is 1. The molecule has 0 bridgehead atoms. The fourth-order valence-electron chi connectivity index (χ4n) is 2.74. The molecule has 0 saturated heterocycles. The van der Waals surface area contributed by atoms with Crippen molar-refractivity contribution in [3.05, 3.63) is 72.3 Å². The highest BCUT2D eigenvalue weighted by atomic mass is 32.2. The van der Waals surface area contributed by atoms with Crippen LogP contribution >= 0.6 is 0 Å². The smallest absolute Gasteiger partial charge is 0.260 e. The summed E-state index contributed by atoms with van der Waals surface area (Å²) in [5.74, 6) is -0.584. The molecule has 1 amide bonds. The number of nitrogens with one attached hydrogen (secondary N) is 1.